The monoisotopic (exact) mass is 293 g/mol. The Bertz CT molecular complexity index is 612. The molecule has 2 rings (SSSR count). The van der Waals surface area contributed by atoms with Crippen LogP contribution >= 0.6 is 11.6 Å². The third-order valence-electron chi connectivity index (χ3n) is 2.52. The Kier molecular flexibility index (Phi) is 4.37. The molecule has 0 saturated heterocycles. The Morgan fingerprint density at radius 1 is 1.20 bits per heavy atom. The molecule has 1 amide bonds. The van der Waals surface area contributed by atoms with Crippen molar-refractivity contribution in [3.63, 3.8) is 0 Å². The minimum Gasteiger partial charge on any atom is -0.496 e. The molecule has 0 fully saturated rings. The highest BCUT2D eigenvalue weighted by atomic mass is 35.5. The molecule has 0 saturated carbocycles. The van der Waals surface area contributed by atoms with Crippen LogP contribution in [0.5, 0.6) is 11.5 Å². The second-order valence-electron chi connectivity index (χ2n) is 3.70. The van der Waals surface area contributed by atoms with Gasteiger partial charge in [0.15, 0.2) is 0 Å². The van der Waals surface area contributed by atoms with E-state index in [2.05, 4.69) is 15.3 Å². The van der Waals surface area contributed by atoms with E-state index in [1.807, 2.05) is 0 Å². The van der Waals surface area contributed by atoms with Gasteiger partial charge in [-0.05, 0) is 29.8 Å². The number of anilines is 1. The minimum absolute atomic E-state index is 0.0507. The zero-order chi connectivity index (χ0) is 14.5. The number of hydrogen-bond acceptors (Lipinski definition) is 5. The number of nitrogens with one attached hydrogen (secondary N) is 1. The number of amides is 1. The highest BCUT2D eigenvalue weighted by molar-refractivity contribution is 6.28. The summed E-state index contributed by atoms with van der Waals surface area (Å²) in [4.78, 5) is 19.9. The molecule has 0 radical (unpaired) electrons. The molecule has 1 N–H and O–H groups in total. The fourth-order valence-electron chi connectivity index (χ4n) is 1.66. The average Bonchev–Trinajstić information content (AvgIpc) is 2.46. The van der Waals surface area contributed by atoms with E-state index < -0.39 is 5.91 Å². The number of rotatable bonds is 4. The molecule has 0 aliphatic carbocycles. The Morgan fingerprint density at radius 3 is 2.40 bits per heavy atom. The smallest absolute Gasteiger partial charge is 0.264 e. The molecule has 7 heteroatoms. The molecule has 1 aromatic carbocycles. The number of ether oxygens (including phenoxy) is 2. The summed E-state index contributed by atoms with van der Waals surface area (Å²) in [6.07, 6.45) is 1.45. The largest absolute Gasteiger partial charge is 0.496 e. The molecule has 104 valence electrons. The van der Waals surface area contributed by atoms with Gasteiger partial charge in [0.1, 0.15) is 22.9 Å². The van der Waals surface area contributed by atoms with Gasteiger partial charge in [-0.15, -0.1) is 0 Å². The first-order valence-electron chi connectivity index (χ1n) is 5.66. The summed E-state index contributed by atoms with van der Waals surface area (Å²) in [7, 11) is 2.96. The van der Waals surface area contributed by atoms with E-state index in [0.717, 1.165) is 0 Å². The SMILES string of the molecule is COc1cccc(OC)c1C(=O)Nc1ccnc(Cl)n1. The second-order valence-corrected chi connectivity index (χ2v) is 4.04. The zero-order valence-corrected chi connectivity index (χ0v) is 11.6. The molecule has 1 heterocycles. The van der Waals surface area contributed by atoms with Crippen LogP contribution in [0.1, 0.15) is 10.4 Å². The van der Waals surface area contributed by atoms with Crippen molar-refractivity contribution in [2.24, 2.45) is 0 Å². The van der Waals surface area contributed by atoms with E-state index >= 15 is 0 Å². The Balaban J connectivity index is 2.33. The predicted octanol–water partition coefficient (Wildman–Crippen LogP) is 2.40. The van der Waals surface area contributed by atoms with E-state index in [-0.39, 0.29) is 10.8 Å². The lowest BCUT2D eigenvalue weighted by atomic mass is 10.1. The summed E-state index contributed by atoms with van der Waals surface area (Å²) in [6, 6.07) is 6.61. The van der Waals surface area contributed by atoms with Crippen LogP contribution < -0.4 is 14.8 Å². The number of methoxy groups -OCH3 is 2. The minimum atomic E-state index is -0.408. The van der Waals surface area contributed by atoms with Crippen molar-refractivity contribution < 1.29 is 14.3 Å². The quantitative estimate of drug-likeness (QED) is 0.876. The fourth-order valence-corrected chi connectivity index (χ4v) is 1.81. The Morgan fingerprint density at radius 2 is 1.85 bits per heavy atom. The fraction of sp³-hybridized carbons (Fsp3) is 0.154. The van der Waals surface area contributed by atoms with Crippen molar-refractivity contribution in [3.05, 3.63) is 41.3 Å². The van der Waals surface area contributed by atoms with Crippen LogP contribution in [0.2, 0.25) is 5.28 Å². The summed E-state index contributed by atoms with van der Waals surface area (Å²) in [5.74, 6) is 0.695. The molecule has 20 heavy (non-hydrogen) atoms. The van der Waals surface area contributed by atoms with Gasteiger partial charge in [0.25, 0.3) is 5.91 Å². The van der Waals surface area contributed by atoms with Gasteiger partial charge in [0.2, 0.25) is 5.28 Å². The summed E-state index contributed by atoms with van der Waals surface area (Å²) in [5, 5.41) is 2.66. The number of hydrogen-bond donors (Lipinski definition) is 1. The van der Waals surface area contributed by atoms with Crippen LogP contribution in [0, 0.1) is 0 Å². The van der Waals surface area contributed by atoms with Gasteiger partial charge in [-0.3, -0.25) is 4.79 Å². The van der Waals surface area contributed by atoms with E-state index in [0.29, 0.717) is 17.3 Å². The molecule has 0 spiro atoms. The van der Waals surface area contributed by atoms with Crippen molar-refractivity contribution in [2.75, 3.05) is 19.5 Å². The maximum absolute atomic E-state index is 12.3. The molecule has 0 aliphatic rings. The van der Waals surface area contributed by atoms with Crippen LogP contribution in [0.3, 0.4) is 0 Å². The standard InChI is InChI=1S/C13H12ClN3O3/c1-19-8-4-3-5-9(20-2)11(8)12(18)16-10-6-7-15-13(14)17-10/h3-7H,1-2H3,(H,15,16,17,18). The van der Waals surface area contributed by atoms with E-state index in [1.54, 1.807) is 18.2 Å². The van der Waals surface area contributed by atoms with Gasteiger partial charge in [-0.2, -0.15) is 0 Å². The predicted molar refractivity (Wildman–Crippen MR) is 74.5 cm³/mol. The topological polar surface area (TPSA) is 73.3 Å². The average molecular weight is 294 g/mol. The van der Waals surface area contributed by atoms with E-state index in [4.69, 9.17) is 21.1 Å². The summed E-state index contributed by atoms with van der Waals surface area (Å²) >= 11 is 5.67. The van der Waals surface area contributed by atoms with Crippen LogP contribution in [0.15, 0.2) is 30.5 Å². The molecule has 0 aliphatic heterocycles. The lowest BCUT2D eigenvalue weighted by Crippen LogP contribution is -2.15. The van der Waals surface area contributed by atoms with Gasteiger partial charge in [0, 0.05) is 6.20 Å². The van der Waals surface area contributed by atoms with Gasteiger partial charge < -0.3 is 14.8 Å². The first-order valence-corrected chi connectivity index (χ1v) is 6.04. The zero-order valence-electron chi connectivity index (χ0n) is 10.9. The first kappa shape index (κ1) is 14.1. The maximum atomic E-state index is 12.3. The van der Waals surface area contributed by atoms with Crippen molar-refractivity contribution in [2.45, 2.75) is 0 Å². The second kappa shape index (κ2) is 6.21. The van der Waals surface area contributed by atoms with Crippen LogP contribution in [0.4, 0.5) is 5.82 Å². The van der Waals surface area contributed by atoms with Gasteiger partial charge in [-0.1, -0.05) is 6.07 Å². The maximum Gasteiger partial charge on any atom is 0.264 e. The lowest BCUT2D eigenvalue weighted by Gasteiger charge is -2.12. The van der Waals surface area contributed by atoms with Gasteiger partial charge >= 0.3 is 0 Å². The number of nitrogens with zero attached hydrogens (tertiary/aromatic N) is 2. The van der Waals surface area contributed by atoms with Gasteiger partial charge in [0.05, 0.1) is 14.2 Å². The van der Waals surface area contributed by atoms with Crippen LogP contribution in [-0.2, 0) is 0 Å². The number of benzene rings is 1. The van der Waals surface area contributed by atoms with E-state index in [9.17, 15) is 4.79 Å². The molecular formula is C13H12ClN3O3. The van der Waals surface area contributed by atoms with Crippen LogP contribution in [0.25, 0.3) is 0 Å². The van der Waals surface area contributed by atoms with Crippen molar-refractivity contribution in [1.82, 2.24) is 9.97 Å². The molecule has 2 aromatic rings. The molecule has 6 nitrogen and oxygen atoms in total. The molecule has 0 bridgehead atoms. The summed E-state index contributed by atoms with van der Waals surface area (Å²) in [5.41, 5.74) is 0.284. The molecule has 0 atom stereocenters. The summed E-state index contributed by atoms with van der Waals surface area (Å²) in [6.45, 7) is 0. The van der Waals surface area contributed by atoms with Gasteiger partial charge in [-0.25, -0.2) is 9.97 Å². The third kappa shape index (κ3) is 2.97. The lowest BCUT2D eigenvalue weighted by molar-refractivity contribution is 0.102. The Hall–Kier alpha value is -2.34. The number of carbonyl (C=O) groups is 1. The van der Waals surface area contributed by atoms with Crippen molar-refractivity contribution in [3.8, 4) is 11.5 Å². The molecule has 1 aromatic heterocycles. The number of carbonyl (C=O) groups excluding carboxylic acids is 1. The Labute approximate surface area is 120 Å². The molecular weight excluding hydrogens is 282 g/mol. The normalized spacial score (nSPS) is 9.95. The highest BCUT2D eigenvalue weighted by Crippen LogP contribution is 2.28. The van der Waals surface area contributed by atoms with Crippen LogP contribution in [-0.4, -0.2) is 30.1 Å². The third-order valence-corrected chi connectivity index (χ3v) is 2.70. The van der Waals surface area contributed by atoms with Crippen molar-refractivity contribution >= 4 is 23.3 Å². The number of aromatic nitrogens is 2. The number of halogens is 1. The summed E-state index contributed by atoms with van der Waals surface area (Å²) < 4.78 is 10.3. The first-order chi connectivity index (χ1) is 9.65. The van der Waals surface area contributed by atoms with E-state index in [1.165, 1.54) is 26.5 Å². The van der Waals surface area contributed by atoms with Crippen molar-refractivity contribution in [1.29, 1.82) is 0 Å². The highest BCUT2D eigenvalue weighted by Gasteiger charge is 2.18. The molecule has 0 unspecified atom stereocenters.